The van der Waals surface area contributed by atoms with Crippen molar-refractivity contribution >= 4 is 5.69 Å². The average Bonchev–Trinajstić information content (AvgIpc) is 1.83. The molecule has 0 radical (unpaired) electrons. The highest BCUT2D eigenvalue weighted by molar-refractivity contribution is 5.49. The zero-order chi connectivity index (χ0) is 6.85. The lowest BCUT2D eigenvalue weighted by molar-refractivity contribution is -0.00000201. The minimum Gasteiger partial charge on any atom is -1.00 e. The van der Waals surface area contributed by atoms with Crippen LogP contribution >= 0.6 is 0 Å². The number of hydrogen-bond donors (Lipinski definition) is 1. The second kappa shape index (κ2) is 3.47. The summed E-state index contributed by atoms with van der Waals surface area (Å²) in [5.41, 5.74) is 8.96. The Bertz CT molecular complexity index is 205. The van der Waals surface area contributed by atoms with Crippen molar-refractivity contribution in [2.24, 2.45) is 0 Å². The first-order chi connectivity index (χ1) is 4.22. The van der Waals surface area contributed by atoms with Gasteiger partial charge in [0.2, 0.25) is 0 Å². The monoisotopic (exact) mass is 157 g/mol. The lowest BCUT2D eigenvalue weighted by atomic mass is 10.1. The van der Waals surface area contributed by atoms with Gasteiger partial charge >= 0.3 is 1.43 Å². The summed E-state index contributed by atoms with van der Waals surface area (Å²) in [5.74, 6) is 0. The second-order valence-electron chi connectivity index (χ2n) is 2.29. The van der Waals surface area contributed by atoms with E-state index in [1.165, 1.54) is 11.1 Å². The molecule has 1 rings (SSSR count). The Balaban J connectivity index is 0. The Morgan fingerprint density at radius 2 is 1.90 bits per heavy atom. The third kappa shape index (κ3) is 1.64. The largest absolute Gasteiger partial charge is 1.00 e. The van der Waals surface area contributed by atoms with Crippen molar-refractivity contribution in [2.75, 3.05) is 5.73 Å². The normalized spacial score (nSPS) is 8.60. The Morgan fingerprint density at radius 1 is 1.30 bits per heavy atom. The fourth-order valence-corrected chi connectivity index (χ4v) is 0.774. The lowest BCUT2D eigenvalue weighted by Gasteiger charge is -2.00. The van der Waals surface area contributed by atoms with Gasteiger partial charge in [0.25, 0.3) is 0 Å². The first-order valence-corrected chi connectivity index (χ1v) is 3.03. The van der Waals surface area contributed by atoms with Crippen LogP contribution in [0, 0.1) is 13.8 Å². The van der Waals surface area contributed by atoms with E-state index in [2.05, 4.69) is 13.0 Å². The molecule has 10 heavy (non-hydrogen) atoms. The molecule has 0 amide bonds. The Kier molecular flexibility index (Phi) is 3.23. The standard InChI is InChI=1S/C8H11N.ClH/c1-6-4-3-5-8(9)7(6)2;/h3-5H,9H2,1-2H3;1H. The number of nitrogens with two attached hydrogens (primary N) is 1. The summed E-state index contributed by atoms with van der Waals surface area (Å²) in [6, 6.07) is 5.95. The molecule has 1 aromatic carbocycles. The highest BCUT2D eigenvalue weighted by atomic mass is 35.5. The number of rotatable bonds is 0. The van der Waals surface area contributed by atoms with Crippen molar-refractivity contribution in [1.29, 1.82) is 0 Å². The van der Waals surface area contributed by atoms with Crippen LogP contribution in [0.3, 0.4) is 0 Å². The number of hydrogen-bond acceptors (Lipinski definition) is 1. The smallest absolute Gasteiger partial charge is 1.00 e. The van der Waals surface area contributed by atoms with Gasteiger partial charge in [0.1, 0.15) is 0 Å². The molecule has 0 fully saturated rings. The van der Waals surface area contributed by atoms with E-state index < -0.39 is 0 Å². The van der Waals surface area contributed by atoms with E-state index in [0.717, 1.165) is 5.69 Å². The molecule has 0 aromatic heterocycles. The molecule has 0 aliphatic carbocycles. The molecule has 0 saturated carbocycles. The van der Waals surface area contributed by atoms with Gasteiger partial charge in [0.15, 0.2) is 0 Å². The van der Waals surface area contributed by atoms with Crippen molar-refractivity contribution < 1.29 is 13.8 Å². The topological polar surface area (TPSA) is 26.0 Å². The van der Waals surface area contributed by atoms with Gasteiger partial charge in [-0.1, -0.05) is 12.1 Å². The van der Waals surface area contributed by atoms with Crippen LogP contribution in [-0.4, -0.2) is 0 Å². The predicted molar refractivity (Wildman–Crippen MR) is 41.4 cm³/mol. The molecule has 2 heteroatoms. The van der Waals surface area contributed by atoms with Crippen LogP contribution in [0.2, 0.25) is 0 Å². The van der Waals surface area contributed by atoms with Crippen LogP contribution in [-0.2, 0) is 0 Å². The van der Waals surface area contributed by atoms with Crippen LogP contribution in [0.1, 0.15) is 12.6 Å². The summed E-state index contributed by atoms with van der Waals surface area (Å²) >= 11 is 0. The molecule has 0 aliphatic rings. The van der Waals surface area contributed by atoms with Gasteiger partial charge in [-0.15, -0.1) is 0 Å². The Labute approximate surface area is 69.1 Å². The van der Waals surface area contributed by atoms with Gasteiger partial charge in [0, 0.05) is 5.69 Å². The van der Waals surface area contributed by atoms with E-state index in [0.29, 0.717) is 0 Å². The first kappa shape index (κ1) is 9.31. The predicted octanol–water partition coefficient (Wildman–Crippen LogP) is -0.998. The van der Waals surface area contributed by atoms with Crippen molar-refractivity contribution in [3.05, 3.63) is 29.3 Å². The molecular formula is C8H12ClN. The Morgan fingerprint density at radius 3 is 2.30 bits per heavy atom. The van der Waals surface area contributed by atoms with Crippen LogP contribution in [0.4, 0.5) is 5.69 Å². The number of benzene rings is 1. The molecule has 0 saturated heterocycles. The molecule has 1 nitrogen and oxygen atoms in total. The van der Waals surface area contributed by atoms with Crippen molar-refractivity contribution in [3.8, 4) is 0 Å². The van der Waals surface area contributed by atoms with Gasteiger partial charge in [-0.05, 0) is 31.0 Å². The van der Waals surface area contributed by atoms with E-state index >= 15 is 0 Å². The van der Waals surface area contributed by atoms with Crippen LogP contribution in [0.25, 0.3) is 0 Å². The van der Waals surface area contributed by atoms with E-state index in [1.54, 1.807) is 0 Å². The SMILES string of the molecule is Cc1cccc(N)c1C.[Cl-].[H+]. The third-order valence-electron chi connectivity index (χ3n) is 1.65. The minimum absolute atomic E-state index is 0. The number of halogens is 1. The summed E-state index contributed by atoms with van der Waals surface area (Å²) in [6.07, 6.45) is 0. The molecular weight excluding hydrogens is 146 g/mol. The van der Waals surface area contributed by atoms with Gasteiger partial charge in [-0.25, -0.2) is 0 Å². The van der Waals surface area contributed by atoms with Crippen LogP contribution in [0.5, 0.6) is 0 Å². The van der Waals surface area contributed by atoms with E-state index in [9.17, 15) is 0 Å². The van der Waals surface area contributed by atoms with Gasteiger partial charge in [0.05, 0.1) is 0 Å². The van der Waals surface area contributed by atoms with Gasteiger partial charge < -0.3 is 18.1 Å². The van der Waals surface area contributed by atoms with E-state index in [4.69, 9.17) is 5.73 Å². The first-order valence-electron chi connectivity index (χ1n) is 3.03. The fourth-order valence-electron chi connectivity index (χ4n) is 0.774. The summed E-state index contributed by atoms with van der Waals surface area (Å²) < 4.78 is 0. The zero-order valence-corrected chi connectivity index (χ0v) is 6.94. The summed E-state index contributed by atoms with van der Waals surface area (Å²) in [4.78, 5) is 0. The maximum Gasteiger partial charge on any atom is 1.00 e. The minimum atomic E-state index is 0. The number of nitrogen functional groups attached to an aromatic ring is 1. The summed E-state index contributed by atoms with van der Waals surface area (Å²) in [5, 5.41) is 0. The summed E-state index contributed by atoms with van der Waals surface area (Å²) in [6.45, 7) is 4.09. The lowest BCUT2D eigenvalue weighted by Crippen LogP contribution is -3.00. The van der Waals surface area contributed by atoms with E-state index in [-0.39, 0.29) is 13.8 Å². The average molecular weight is 158 g/mol. The third-order valence-corrected chi connectivity index (χ3v) is 1.65. The summed E-state index contributed by atoms with van der Waals surface area (Å²) in [7, 11) is 0. The fraction of sp³-hybridized carbons (Fsp3) is 0.250. The maximum absolute atomic E-state index is 5.62. The molecule has 56 valence electrons. The molecule has 0 unspecified atom stereocenters. The molecule has 0 aliphatic heterocycles. The maximum atomic E-state index is 5.62. The molecule has 1 aromatic rings. The molecule has 0 bridgehead atoms. The van der Waals surface area contributed by atoms with Crippen molar-refractivity contribution in [3.63, 3.8) is 0 Å². The highest BCUT2D eigenvalue weighted by Gasteiger charge is 1.92. The Hall–Kier alpha value is -0.690. The number of anilines is 1. The number of aryl methyl sites for hydroxylation is 1. The molecule has 0 heterocycles. The second-order valence-corrected chi connectivity index (χ2v) is 2.29. The highest BCUT2D eigenvalue weighted by Crippen LogP contribution is 2.13. The quantitative estimate of drug-likeness (QED) is 0.481. The van der Waals surface area contributed by atoms with Crippen LogP contribution in [0.15, 0.2) is 18.2 Å². The molecule has 0 atom stereocenters. The van der Waals surface area contributed by atoms with Crippen molar-refractivity contribution in [1.82, 2.24) is 0 Å². The zero-order valence-electron chi connectivity index (χ0n) is 7.19. The van der Waals surface area contributed by atoms with Gasteiger partial charge in [-0.2, -0.15) is 0 Å². The molecule has 2 N–H and O–H groups in total. The van der Waals surface area contributed by atoms with E-state index in [1.807, 2.05) is 19.1 Å². The van der Waals surface area contributed by atoms with Crippen LogP contribution < -0.4 is 18.1 Å². The van der Waals surface area contributed by atoms with Crippen molar-refractivity contribution in [2.45, 2.75) is 13.8 Å². The molecule has 0 spiro atoms. The van der Waals surface area contributed by atoms with Gasteiger partial charge in [-0.3, -0.25) is 0 Å².